The van der Waals surface area contributed by atoms with Crippen molar-refractivity contribution in [3.8, 4) is 11.3 Å². The third kappa shape index (κ3) is 5.54. The highest BCUT2D eigenvalue weighted by Crippen LogP contribution is 2.27. The predicted molar refractivity (Wildman–Crippen MR) is 105 cm³/mol. The molecule has 11 heteroatoms. The van der Waals surface area contributed by atoms with E-state index in [-0.39, 0.29) is 34.8 Å². The number of hydrogen-bond acceptors (Lipinski definition) is 5. The standard InChI is InChI=1S/C20H16F5N3O2S/c1-2-3-31(29,30)10-11-4-12(21)6-13(5-11)27-20-26-9-18(25)19(28-20)14-7-16(23)17(24)8-15(14)22/h4-9H,2-3,10H2,1H3,(H,26,27,28). The molecule has 0 aliphatic carbocycles. The largest absolute Gasteiger partial charge is 0.324 e. The number of rotatable bonds is 7. The van der Waals surface area contributed by atoms with Gasteiger partial charge in [-0.15, -0.1) is 0 Å². The van der Waals surface area contributed by atoms with Gasteiger partial charge in [0.1, 0.15) is 17.3 Å². The molecule has 0 unspecified atom stereocenters. The molecule has 0 radical (unpaired) electrons. The van der Waals surface area contributed by atoms with Gasteiger partial charge in [0.2, 0.25) is 5.95 Å². The van der Waals surface area contributed by atoms with E-state index >= 15 is 0 Å². The molecule has 0 atom stereocenters. The number of nitrogens with zero attached hydrogens (tertiary/aromatic N) is 2. The number of nitrogens with one attached hydrogen (secondary N) is 1. The minimum atomic E-state index is -3.43. The molecule has 0 amide bonds. The van der Waals surface area contributed by atoms with Crippen molar-refractivity contribution in [2.24, 2.45) is 0 Å². The molecule has 0 aliphatic rings. The number of benzene rings is 2. The van der Waals surface area contributed by atoms with Crippen LogP contribution in [0.4, 0.5) is 33.6 Å². The maximum atomic E-state index is 14.1. The van der Waals surface area contributed by atoms with Crippen LogP contribution < -0.4 is 5.32 Å². The minimum absolute atomic E-state index is 0.0590. The Morgan fingerprint density at radius 1 is 0.903 bits per heavy atom. The molecule has 2 aromatic carbocycles. The third-order valence-electron chi connectivity index (χ3n) is 4.12. The van der Waals surface area contributed by atoms with Gasteiger partial charge in [0.25, 0.3) is 0 Å². The van der Waals surface area contributed by atoms with Crippen LogP contribution in [0.2, 0.25) is 0 Å². The van der Waals surface area contributed by atoms with Crippen molar-refractivity contribution in [3.63, 3.8) is 0 Å². The van der Waals surface area contributed by atoms with Crippen LogP contribution in [0.3, 0.4) is 0 Å². The summed E-state index contributed by atoms with van der Waals surface area (Å²) in [5.41, 5.74) is -1.04. The van der Waals surface area contributed by atoms with Gasteiger partial charge < -0.3 is 5.32 Å². The van der Waals surface area contributed by atoms with Crippen LogP contribution in [0.15, 0.2) is 36.5 Å². The molecule has 5 nitrogen and oxygen atoms in total. The number of hydrogen-bond donors (Lipinski definition) is 1. The summed E-state index contributed by atoms with van der Waals surface area (Å²) in [7, 11) is -3.43. The van der Waals surface area contributed by atoms with Crippen molar-refractivity contribution in [2.75, 3.05) is 11.1 Å². The summed E-state index contributed by atoms with van der Waals surface area (Å²) in [5.74, 6) is -6.66. The summed E-state index contributed by atoms with van der Waals surface area (Å²) in [6, 6.07) is 4.15. The zero-order valence-electron chi connectivity index (χ0n) is 16.1. The topological polar surface area (TPSA) is 72.0 Å². The Bertz CT molecular complexity index is 1240. The smallest absolute Gasteiger partial charge is 0.227 e. The molecule has 0 fully saturated rings. The van der Waals surface area contributed by atoms with Gasteiger partial charge in [-0.05, 0) is 36.2 Å². The van der Waals surface area contributed by atoms with E-state index < -0.39 is 50.2 Å². The second-order valence-corrected chi connectivity index (χ2v) is 8.89. The molecule has 0 bridgehead atoms. The maximum absolute atomic E-state index is 14.1. The lowest BCUT2D eigenvalue weighted by atomic mass is 10.1. The quantitative estimate of drug-likeness (QED) is 0.403. The van der Waals surface area contributed by atoms with Gasteiger partial charge in [-0.25, -0.2) is 40.3 Å². The fraction of sp³-hybridized carbons (Fsp3) is 0.200. The molecule has 3 rings (SSSR count). The summed E-state index contributed by atoms with van der Waals surface area (Å²) < 4.78 is 92.8. The van der Waals surface area contributed by atoms with E-state index in [1.165, 1.54) is 6.07 Å². The Morgan fingerprint density at radius 2 is 1.61 bits per heavy atom. The summed E-state index contributed by atoms with van der Waals surface area (Å²) in [5, 5.41) is 2.57. The molecule has 3 aromatic rings. The van der Waals surface area contributed by atoms with Crippen molar-refractivity contribution < 1.29 is 30.4 Å². The summed E-state index contributed by atoms with van der Waals surface area (Å²) in [4.78, 5) is 7.43. The first-order valence-electron chi connectivity index (χ1n) is 9.02. The maximum Gasteiger partial charge on any atom is 0.227 e. The summed E-state index contributed by atoms with van der Waals surface area (Å²) >= 11 is 0. The van der Waals surface area contributed by atoms with Gasteiger partial charge in [-0.1, -0.05) is 6.92 Å². The summed E-state index contributed by atoms with van der Waals surface area (Å²) in [6.45, 7) is 1.70. The van der Waals surface area contributed by atoms with Crippen molar-refractivity contribution >= 4 is 21.5 Å². The van der Waals surface area contributed by atoms with Crippen molar-refractivity contribution in [1.29, 1.82) is 0 Å². The second-order valence-electron chi connectivity index (χ2n) is 6.70. The monoisotopic (exact) mass is 457 g/mol. The van der Waals surface area contributed by atoms with Crippen molar-refractivity contribution in [3.05, 3.63) is 71.2 Å². The van der Waals surface area contributed by atoms with E-state index in [4.69, 9.17) is 0 Å². The molecular formula is C20H16F5N3O2S. The molecule has 0 aliphatic heterocycles. The second kappa shape index (κ2) is 8.96. The highest BCUT2D eigenvalue weighted by molar-refractivity contribution is 7.90. The van der Waals surface area contributed by atoms with Gasteiger partial charge in [0, 0.05) is 17.3 Å². The highest BCUT2D eigenvalue weighted by atomic mass is 32.2. The Labute approximate surface area is 174 Å². The van der Waals surface area contributed by atoms with Gasteiger partial charge in [0.05, 0.1) is 17.7 Å². The fourth-order valence-electron chi connectivity index (χ4n) is 2.89. The van der Waals surface area contributed by atoms with Gasteiger partial charge in [-0.2, -0.15) is 0 Å². The molecule has 1 N–H and O–H groups in total. The van der Waals surface area contributed by atoms with Crippen LogP contribution in [-0.2, 0) is 15.6 Å². The lowest BCUT2D eigenvalue weighted by Crippen LogP contribution is -2.09. The summed E-state index contributed by atoms with van der Waals surface area (Å²) in [6.07, 6.45) is 1.09. The zero-order chi connectivity index (χ0) is 22.8. The molecule has 31 heavy (non-hydrogen) atoms. The normalized spacial score (nSPS) is 11.5. The number of sulfone groups is 1. The lowest BCUT2D eigenvalue weighted by Gasteiger charge is -2.10. The van der Waals surface area contributed by atoms with E-state index in [2.05, 4.69) is 15.3 Å². The first-order valence-corrected chi connectivity index (χ1v) is 10.8. The van der Waals surface area contributed by atoms with Crippen LogP contribution in [-0.4, -0.2) is 24.1 Å². The van der Waals surface area contributed by atoms with Crippen LogP contribution in [0.1, 0.15) is 18.9 Å². The molecule has 0 spiro atoms. The fourth-order valence-corrected chi connectivity index (χ4v) is 4.33. The van der Waals surface area contributed by atoms with E-state index in [9.17, 15) is 30.4 Å². The van der Waals surface area contributed by atoms with Gasteiger partial charge in [-0.3, -0.25) is 0 Å². The number of aromatic nitrogens is 2. The molecule has 1 aromatic heterocycles. The van der Waals surface area contributed by atoms with Crippen molar-refractivity contribution in [2.45, 2.75) is 19.1 Å². The molecule has 0 saturated heterocycles. The first-order chi connectivity index (χ1) is 14.6. The lowest BCUT2D eigenvalue weighted by molar-refractivity contribution is 0.495. The Kier molecular flexibility index (Phi) is 6.54. The average Bonchev–Trinajstić information content (AvgIpc) is 2.65. The van der Waals surface area contributed by atoms with Crippen molar-refractivity contribution in [1.82, 2.24) is 9.97 Å². The minimum Gasteiger partial charge on any atom is -0.324 e. The SMILES string of the molecule is CCCS(=O)(=O)Cc1cc(F)cc(Nc2ncc(F)c(-c3cc(F)c(F)cc3F)n2)c1. The van der Waals surface area contributed by atoms with E-state index in [1.54, 1.807) is 6.92 Å². The van der Waals surface area contributed by atoms with Crippen LogP contribution >= 0.6 is 0 Å². The van der Waals surface area contributed by atoms with Gasteiger partial charge in [0.15, 0.2) is 27.3 Å². The zero-order valence-corrected chi connectivity index (χ0v) is 16.9. The molecule has 0 saturated carbocycles. The average molecular weight is 457 g/mol. The Morgan fingerprint density at radius 3 is 2.32 bits per heavy atom. The molecule has 164 valence electrons. The van der Waals surface area contributed by atoms with E-state index in [0.717, 1.165) is 12.1 Å². The third-order valence-corrected chi connectivity index (χ3v) is 5.93. The van der Waals surface area contributed by atoms with Gasteiger partial charge >= 0.3 is 0 Å². The van der Waals surface area contributed by atoms with E-state index in [0.29, 0.717) is 18.7 Å². The van der Waals surface area contributed by atoms with Crippen LogP contribution in [0.25, 0.3) is 11.3 Å². The first kappa shape index (κ1) is 22.6. The van der Waals surface area contributed by atoms with Crippen LogP contribution in [0, 0.1) is 29.1 Å². The number of halogens is 5. The molecule has 1 heterocycles. The predicted octanol–water partition coefficient (Wildman–Crippen LogP) is 4.91. The highest BCUT2D eigenvalue weighted by Gasteiger charge is 2.18. The van der Waals surface area contributed by atoms with Crippen LogP contribution in [0.5, 0.6) is 0 Å². The molecular weight excluding hydrogens is 441 g/mol. The Hall–Kier alpha value is -3.08. The Balaban J connectivity index is 1.94. The van der Waals surface area contributed by atoms with E-state index in [1.807, 2.05) is 0 Å². The number of anilines is 2.